The Morgan fingerprint density at radius 1 is 1.00 bits per heavy atom. The molecule has 142 valence electrons. The molecular formula is C24H18FN3O. The van der Waals surface area contributed by atoms with Crippen molar-refractivity contribution in [2.75, 3.05) is 0 Å². The third-order valence-corrected chi connectivity index (χ3v) is 4.46. The average Bonchev–Trinajstić information content (AvgIpc) is 3.16. The molecule has 0 unspecified atom stereocenters. The Kier molecular flexibility index (Phi) is 5.38. The second-order valence-corrected chi connectivity index (χ2v) is 6.56. The molecule has 0 atom stereocenters. The van der Waals surface area contributed by atoms with E-state index in [0.717, 1.165) is 22.4 Å². The van der Waals surface area contributed by atoms with Gasteiger partial charge in [0.05, 0.1) is 6.54 Å². The second-order valence-electron chi connectivity index (χ2n) is 6.56. The van der Waals surface area contributed by atoms with Crippen LogP contribution in [-0.2, 0) is 6.54 Å². The lowest BCUT2D eigenvalue weighted by Crippen LogP contribution is -2.00. The molecule has 2 heterocycles. The van der Waals surface area contributed by atoms with Gasteiger partial charge in [0.25, 0.3) is 0 Å². The van der Waals surface area contributed by atoms with Gasteiger partial charge in [0.1, 0.15) is 11.5 Å². The van der Waals surface area contributed by atoms with Crippen molar-refractivity contribution < 1.29 is 9.18 Å². The summed E-state index contributed by atoms with van der Waals surface area (Å²) in [4.78, 5) is 16.6. The van der Waals surface area contributed by atoms with Crippen molar-refractivity contribution in [2.24, 2.45) is 0 Å². The number of hydrogen-bond acceptors (Lipinski definition) is 3. The average molecular weight is 383 g/mol. The van der Waals surface area contributed by atoms with Gasteiger partial charge in [-0.25, -0.2) is 4.39 Å². The van der Waals surface area contributed by atoms with E-state index in [9.17, 15) is 9.18 Å². The summed E-state index contributed by atoms with van der Waals surface area (Å²) >= 11 is 0. The zero-order chi connectivity index (χ0) is 20.1. The lowest BCUT2D eigenvalue weighted by molar-refractivity contribution is 0.104. The minimum atomic E-state index is -0.369. The first-order chi connectivity index (χ1) is 14.2. The topological polar surface area (TPSA) is 47.8 Å². The van der Waals surface area contributed by atoms with E-state index >= 15 is 0 Å². The molecular weight excluding hydrogens is 365 g/mol. The monoisotopic (exact) mass is 383 g/mol. The van der Waals surface area contributed by atoms with Crippen LogP contribution in [0.2, 0.25) is 0 Å². The Morgan fingerprint density at radius 2 is 1.79 bits per heavy atom. The first-order valence-electron chi connectivity index (χ1n) is 9.19. The Hall–Kier alpha value is -3.86. The van der Waals surface area contributed by atoms with Crippen molar-refractivity contribution >= 4 is 11.9 Å². The highest BCUT2D eigenvalue weighted by atomic mass is 19.1. The first kappa shape index (κ1) is 18.5. The number of nitrogens with zero attached hydrogens (tertiary/aromatic N) is 3. The standard InChI is InChI=1S/C24H18FN3O/c25-22-11-8-19(9-12-22)23(29)13-10-21-17-28(16-18-5-2-1-3-6-18)27-24(21)20-7-4-14-26-15-20/h1-15,17H,16H2/b13-10+. The number of carbonyl (C=O) groups excluding carboxylic acids is 1. The summed E-state index contributed by atoms with van der Waals surface area (Å²) in [6.07, 6.45) is 8.58. The zero-order valence-corrected chi connectivity index (χ0v) is 15.6. The Morgan fingerprint density at radius 3 is 2.52 bits per heavy atom. The maximum atomic E-state index is 13.1. The highest BCUT2D eigenvalue weighted by molar-refractivity contribution is 6.07. The molecule has 0 radical (unpaired) electrons. The van der Waals surface area contributed by atoms with E-state index in [1.165, 1.54) is 30.3 Å². The van der Waals surface area contributed by atoms with E-state index in [-0.39, 0.29) is 11.6 Å². The van der Waals surface area contributed by atoms with Gasteiger partial charge in [0, 0.05) is 35.3 Å². The van der Waals surface area contributed by atoms with Crippen molar-refractivity contribution in [1.29, 1.82) is 0 Å². The van der Waals surface area contributed by atoms with Crippen LogP contribution >= 0.6 is 0 Å². The number of aromatic nitrogens is 3. The van der Waals surface area contributed by atoms with Gasteiger partial charge in [-0.1, -0.05) is 30.3 Å². The number of benzene rings is 2. The third kappa shape index (κ3) is 4.52. The van der Waals surface area contributed by atoms with Gasteiger partial charge in [0.15, 0.2) is 5.78 Å². The molecule has 0 fully saturated rings. The van der Waals surface area contributed by atoms with E-state index in [1.54, 1.807) is 18.5 Å². The number of ketones is 1. The Labute approximate surface area is 168 Å². The van der Waals surface area contributed by atoms with Crippen LogP contribution in [0.15, 0.2) is 91.4 Å². The molecule has 0 saturated carbocycles. The summed E-state index contributed by atoms with van der Waals surface area (Å²) in [5.41, 5.74) is 3.99. The summed E-state index contributed by atoms with van der Waals surface area (Å²) in [6.45, 7) is 0.619. The smallest absolute Gasteiger partial charge is 0.185 e. The SMILES string of the molecule is O=C(/C=C/c1cn(Cc2ccccc2)nc1-c1cccnc1)c1ccc(F)cc1. The molecule has 4 aromatic rings. The lowest BCUT2D eigenvalue weighted by Gasteiger charge is -2.01. The minimum absolute atomic E-state index is 0.196. The molecule has 0 aliphatic carbocycles. The predicted molar refractivity (Wildman–Crippen MR) is 111 cm³/mol. The van der Waals surface area contributed by atoms with Gasteiger partial charge in [0.2, 0.25) is 0 Å². The molecule has 0 bridgehead atoms. The fourth-order valence-corrected chi connectivity index (χ4v) is 3.01. The summed E-state index contributed by atoms with van der Waals surface area (Å²) in [5, 5.41) is 4.70. The van der Waals surface area contributed by atoms with Crippen LogP contribution in [0.3, 0.4) is 0 Å². The molecule has 0 aliphatic heterocycles. The molecule has 29 heavy (non-hydrogen) atoms. The molecule has 2 aromatic heterocycles. The van der Waals surface area contributed by atoms with Gasteiger partial charge in [-0.3, -0.25) is 14.5 Å². The molecule has 0 amide bonds. The summed E-state index contributed by atoms with van der Waals surface area (Å²) in [7, 11) is 0. The van der Waals surface area contributed by atoms with Crippen molar-refractivity contribution in [3.05, 3.63) is 114 Å². The van der Waals surface area contributed by atoms with Crippen LogP contribution in [0.5, 0.6) is 0 Å². The zero-order valence-electron chi connectivity index (χ0n) is 15.6. The van der Waals surface area contributed by atoms with Crippen LogP contribution in [0.1, 0.15) is 21.5 Å². The molecule has 4 rings (SSSR count). The molecule has 0 N–H and O–H groups in total. The third-order valence-electron chi connectivity index (χ3n) is 4.46. The van der Waals surface area contributed by atoms with E-state index in [4.69, 9.17) is 5.10 Å². The van der Waals surface area contributed by atoms with Gasteiger partial charge in [-0.15, -0.1) is 0 Å². The van der Waals surface area contributed by atoms with E-state index < -0.39 is 0 Å². The van der Waals surface area contributed by atoms with Gasteiger partial charge in [-0.05, 0) is 54.1 Å². The molecule has 0 aliphatic rings. The molecule has 2 aromatic carbocycles. The van der Waals surface area contributed by atoms with Crippen LogP contribution in [0, 0.1) is 5.82 Å². The quantitative estimate of drug-likeness (QED) is 0.347. The summed E-state index contributed by atoms with van der Waals surface area (Å²) in [5.74, 6) is -0.565. The highest BCUT2D eigenvalue weighted by Crippen LogP contribution is 2.23. The van der Waals surface area contributed by atoms with Gasteiger partial charge in [-0.2, -0.15) is 5.10 Å². The Balaban J connectivity index is 1.65. The highest BCUT2D eigenvalue weighted by Gasteiger charge is 2.11. The second kappa shape index (κ2) is 8.44. The normalized spacial score (nSPS) is 11.1. The van der Waals surface area contributed by atoms with E-state index in [1.807, 2.05) is 53.3 Å². The maximum Gasteiger partial charge on any atom is 0.185 e. The molecule has 0 saturated heterocycles. The number of rotatable bonds is 6. The van der Waals surface area contributed by atoms with Gasteiger partial charge >= 0.3 is 0 Å². The molecule has 4 nitrogen and oxygen atoms in total. The number of halogens is 1. The van der Waals surface area contributed by atoms with Crippen molar-refractivity contribution in [2.45, 2.75) is 6.54 Å². The van der Waals surface area contributed by atoms with Crippen LogP contribution in [-0.4, -0.2) is 20.5 Å². The molecule has 0 spiro atoms. The van der Waals surface area contributed by atoms with E-state index in [2.05, 4.69) is 4.98 Å². The van der Waals surface area contributed by atoms with Crippen molar-refractivity contribution in [1.82, 2.24) is 14.8 Å². The first-order valence-corrected chi connectivity index (χ1v) is 9.19. The fourth-order valence-electron chi connectivity index (χ4n) is 3.01. The number of carbonyl (C=O) groups is 1. The Bertz CT molecular complexity index is 1130. The van der Waals surface area contributed by atoms with Crippen LogP contribution in [0.25, 0.3) is 17.3 Å². The van der Waals surface area contributed by atoms with Crippen LogP contribution in [0.4, 0.5) is 4.39 Å². The van der Waals surface area contributed by atoms with Crippen molar-refractivity contribution in [3.8, 4) is 11.3 Å². The van der Waals surface area contributed by atoms with Crippen LogP contribution < -0.4 is 0 Å². The largest absolute Gasteiger partial charge is 0.289 e. The maximum absolute atomic E-state index is 13.1. The number of allylic oxidation sites excluding steroid dienone is 1. The summed E-state index contributed by atoms with van der Waals surface area (Å²) < 4.78 is 14.9. The number of pyridine rings is 1. The van der Waals surface area contributed by atoms with E-state index in [0.29, 0.717) is 12.1 Å². The predicted octanol–water partition coefficient (Wildman–Crippen LogP) is 5.03. The van der Waals surface area contributed by atoms with Gasteiger partial charge < -0.3 is 0 Å². The van der Waals surface area contributed by atoms with Crippen molar-refractivity contribution in [3.63, 3.8) is 0 Å². The number of hydrogen-bond donors (Lipinski definition) is 0. The minimum Gasteiger partial charge on any atom is -0.289 e. The fraction of sp³-hybridized carbons (Fsp3) is 0.0417. The molecule has 5 heteroatoms. The summed E-state index contributed by atoms with van der Waals surface area (Å²) in [6, 6.07) is 19.3. The lowest BCUT2D eigenvalue weighted by atomic mass is 10.1.